The normalized spacial score (nSPS) is 13.9. The van der Waals surface area contributed by atoms with Gasteiger partial charge in [-0.05, 0) is 24.6 Å². The number of hydrogen-bond donors (Lipinski definition) is 1. The molecule has 0 fully saturated rings. The Kier molecular flexibility index (Phi) is 5.54. The second-order valence-corrected chi connectivity index (χ2v) is 3.69. The highest BCUT2D eigenvalue weighted by Gasteiger charge is 2.23. The van der Waals surface area contributed by atoms with Gasteiger partial charge in [-0.15, -0.1) is 0 Å². The van der Waals surface area contributed by atoms with E-state index in [1.807, 2.05) is 0 Å². The van der Waals surface area contributed by atoms with E-state index in [9.17, 15) is 9.18 Å². The van der Waals surface area contributed by atoms with Crippen molar-refractivity contribution in [2.75, 3.05) is 13.9 Å². The molecule has 1 aromatic rings. The summed E-state index contributed by atoms with van der Waals surface area (Å²) in [5, 5.41) is 0. The Morgan fingerprint density at radius 3 is 2.50 bits per heavy atom. The molecule has 1 rings (SSSR count). The number of nitrogens with two attached hydrogens (primary N) is 1. The molecule has 2 N–H and O–H groups in total. The van der Waals surface area contributed by atoms with Crippen LogP contribution in [0.3, 0.4) is 0 Å². The third kappa shape index (κ3) is 4.31. The molecule has 0 saturated carbocycles. The minimum atomic E-state index is -0.893. The maximum absolute atomic E-state index is 12.8. The van der Waals surface area contributed by atoms with Crippen LogP contribution < -0.4 is 5.73 Å². The molecule has 0 unspecified atom stereocenters. The number of halogens is 1. The average Bonchev–Trinajstić information content (AvgIpc) is 2.31. The first-order valence-corrected chi connectivity index (χ1v) is 5.36. The maximum Gasteiger partial charge on any atom is 0.404 e. The topological polar surface area (TPSA) is 70.8 Å². The van der Waals surface area contributed by atoms with Crippen LogP contribution in [-0.2, 0) is 14.2 Å². The van der Waals surface area contributed by atoms with E-state index in [-0.39, 0.29) is 12.6 Å². The van der Waals surface area contributed by atoms with Gasteiger partial charge < -0.3 is 19.9 Å². The Bertz CT molecular complexity index is 382. The van der Waals surface area contributed by atoms with Crippen LogP contribution >= 0.6 is 0 Å². The second-order valence-electron chi connectivity index (χ2n) is 3.69. The molecule has 18 heavy (non-hydrogen) atoms. The molecule has 1 amide bonds. The number of amides is 1. The number of carbonyl (C=O) groups excluding carboxylic acids is 1. The van der Waals surface area contributed by atoms with Crippen LogP contribution in [-0.4, -0.2) is 26.1 Å². The third-order valence-electron chi connectivity index (χ3n) is 2.29. The average molecular weight is 257 g/mol. The van der Waals surface area contributed by atoms with Gasteiger partial charge in [-0.2, -0.15) is 0 Å². The van der Waals surface area contributed by atoms with Crippen molar-refractivity contribution in [3.63, 3.8) is 0 Å². The standard InChI is InChI=1S/C12H16FNO4/c1-8(18-12(14)15)11(17-7-16-2)9-3-5-10(13)6-4-9/h3-6,8,11H,7H2,1-2H3,(H2,14,15)/t8-,11+/m1/s1. The van der Waals surface area contributed by atoms with E-state index in [0.717, 1.165) is 0 Å². The van der Waals surface area contributed by atoms with Crippen LogP contribution in [0.2, 0.25) is 0 Å². The van der Waals surface area contributed by atoms with Crippen molar-refractivity contribution < 1.29 is 23.4 Å². The van der Waals surface area contributed by atoms with Crippen LogP contribution in [0, 0.1) is 5.82 Å². The smallest absolute Gasteiger partial charge is 0.404 e. The molecule has 6 heteroatoms. The summed E-state index contributed by atoms with van der Waals surface area (Å²) in [7, 11) is 1.47. The summed E-state index contributed by atoms with van der Waals surface area (Å²) >= 11 is 0. The quantitative estimate of drug-likeness (QED) is 0.791. The highest BCUT2D eigenvalue weighted by atomic mass is 19.1. The second kappa shape index (κ2) is 6.93. The Hall–Kier alpha value is -1.66. The lowest BCUT2D eigenvalue weighted by Gasteiger charge is -2.23. The number of benzene rings is 1. The summed E-state index contributed by atoms with van der Waals surface area (Å²) < 4.78 is 27.9. The van der Waals surface area contributed by atoms with Crippen molar-refractivity contribution in [3.05, 3.63) is 35.6 Å². The van der Waals surface area contributed by atoms with E-state index in [2.05, 4.69) is 0 Å². The van der Waals surface area contributed by atoms with Crippen LogP contribution in [0.5, 0.6) is 0 Å². The van der Waals surface area contributed by atoms with Gasteiger partial charge in [-0.1, -0.05) is 12.1 Å². The fourth-order valence-electron chi connectivity index (χ4n) is 1.54. The summed E-state index contributed by atoms with van der Waals surface area (Å²) in [6, 6.07) is 5.71. The number of hydrogen-bond acceptors (Lipinski definition) is 4. The SMILES string of the molecule is COCO[C@H](c1ccc(F)cc1)[C@@H](C)OC(N)=O. The summed E-state index contributed by atoms with van der Waals surface area (Å²) in [4.78, 5) is 10.7. The van der Waals surface area contributed by atoms with E-state index in [1.165, 1.54) is 19.2 Å². The molecule has 2 atom stereocenters. The van der Waals surface area contributed by atoms with Crippen LogP contribution in [0.4, 0.5) is 9.18 Å². The molecule has 0 heterocycles. The van der Waals surface area contributed by atoms with Gasteiger partial charge in [0.25, 0.3) is 0 Å². The Morgan fingerprint density at radius 1 is 1.39 bits per heavy atom. The molecule has 1 aromatic carbocycles. The zero-order valence-electron chi connectivity index (χ0n) is 10.3. The number of methoxy groups -OCH3 is 1. The van der Waals surface area contributed by atoms with Crippen LogP contribution in [0.1, 0.15) is 18.6 Å². The predicted octanol–water partition coefficient (Wildman–Crippen LogP) is 1.97. The van der Waals surface area contributed by atoms with Gasteiger partial charge in [0.2, 0.25) is 0 Å². The van der Waals surface area contributed by atoms with Gasteiger partial charge in [0.1, 0.15) is 24.8 Å². The lowest BCUT2D eigenvalue weighted by molar-refractivity contribution is -0.111. The number of primary amides is 1. The van der Waals surface area contributed by atoms with Crippen molar-refractivity contribution in [1.82, 2.24) is 0 Å². The van der Waals surface area contributed by atoms with Crippen molar-refractivity contribution in [2.24, 2.45) is 5.73 Å². The van der Waals surface area contributed by atoms with Gasteiger partial charge in [-0.3, -0.25) is 0 Å². The Balaban J connectivity index is 2.82. The van der Waals surface area contributed by atoms with Crippen LogP contribution in [0.15, 0.2) is 24.3 Å². The van der Waals surface area contributed by atoms with Gasteiger partial charge in [0.05, 0.1) is 0 Å². The van der Waals surface area contributed by atoms with Crippen molar-refractivity contribution >= 4 is 6.09 Å². The Morgan fingerprint density at radius 2 is 2.00 bits per heavy atom. The first kappa shape index (κ1) is 14.4. The van der Waals surface area contributed by atoms with E-state index < -0.39 is 18.3 Å². The fourth-order valence-corrected chi connectivity index (χ4v) is 1.54. The molecular weight excluding hydrogens is 241 g/mol. The minimum Gasteiger partial charge on any atom is -0.444 e. The van der Waals surface area contributed by atoms with Gasteiger partial charge in [-0.25, -0.2) is 9.18 Å². The van der Waals surface area contributed by atoms with Crippen molar-refractivity contribution in [1.29, 1.82) is 0 Å². The summed E-state index contributed by atoms with van der Waals surface area (Å²) in [6.45, 7) is 1.66. The minimum absolute atomic E-state index is 0.0223. The summed E-state index contributed by atoms with van der Waals surface area (Å²) in [5.41, 5.74) is 5.62. The number of ether oxygens (including phenoxy) is 3. The lowest BCUT2D eigenvalue weighted by atomic mass is 10.1. The molecule has 0 aliphatic rings. The zero-order valence-corrected chi connectivity index (χ0v) is 10.3. The highest BCUT2D eigenvalue weighted by Crippen LogP contribution is 2.23. The van der Waals surface area contributed by atoms with E-state index >= 15 is 0 Å². The van der Waals surface area contributed by atoms with E-state index in [1.54, 1.807) is 19.1 Å². The Labute approximate surface area is 105 Å². The molecule has 5 nitrogen and oxygen atoms in total. The van der Waals surface area contributed by atoms with E-state index in [0.29, 0.717) is 5.56 Å². The van der Waals surface area contributed by atoms with E-state index in [4.69, 9.17) is 19.9 Å². The highest BCUT2D eigenvalue weighted by molar-refractivity contribution is 5.64. The predicted molar refractivity (Wildman–Crippen MR) is 62.2 cm³/mol. The molecule has 0 spiro atoms. The molecule has 100 valence electrons. The van der Waals surface area contributed by atoms with Gasteiger partial charge in [0, 0.05) is 7.11 Å². The monoisotopic (exact) mass is 257 g/mol. The van der Waals surface area contributed by atoms with Gasteiger partial charge >= 0.3 is 6.09 Å². The molecule has 0 radical (unpaired) electrons. The molecule has 0 aliphatic carbocycles. The maximum atomic E-state index is 12.8. The lowest BCUT2D eigenvalue weighted by Crippen LogP contribution is -2.28. The van der Waals surface area contributed by atoms with Crippen LogP contribution in [0.25, 0.3) is 0 Å². The largest absolute Gasteiger partial charge is 0.444 e. The van der Waals surface area contributed by atoms with Crippen molar-refractivity contribution in [2.45, 2.75) is 19.1 Å². The van der Waals surface area contributed by atoms with Gasteiger partial charge in [0.15, 0.2) is 0 Å². The third-order valence-corrected chi connectivity index (χ3v) is 2.29. The zero-order chi connectivity index (χ0) is 13.5. The fraction of sp³-hybridized carbons (Fsp3) is 0.417. The first-order valence-electron chi connectivity index (χ1n) is 5.36. The molecular formula is C12H16FNO4. The molecule has 0 bridgehead atoms. The van der Waals surface area contributed by atoms with Crippen molar-refractivity contribution in [3.8, 4) is 0 Å². The number of carbonyl (C=O) groups is 1. The summed E-state index contributed by atoms with van der Waals surface area (Å²) in [5.74, 6) is -0.354. The first-order chi connectivity index (χ1) is 8.54. The molecule has 0 aromatic heterocycles. The number of rotatable bonds is 6. The molecule has 0 saturated heterocycles. The molecule has 0 aliphatic heterocycles. The summed E-state index contributed by atoms with van der Waals surface area (Å²) in [6.07, 6.45) is -2.07.